The van der Waals surface area contributed by atoms with Crippen LogP contribution in [0.25, 0.3) is 21.7 Å². The average molecular weight is 507 g/mol. The summed E-state index contributed by atoms with van der Waals surface area (Å²) in [6.07, 6.45) is -0.964. The molecule has 0 aliphatic carbocycles. The minimum atomic E-state index is -2.69. The molecule has 2 fully saturated rings. The highest BCUT2D eigenvalue weighted by Gasteiger charge is 2.45. The zero-order chi connectivity index (χ0) is 24.9. The molecule has 0 spiro atoms. The maximum absolute atomic E-state index is 13.6. The zero-order valence-electron chi connectivity index (χ0n) is 20.0. The topological polar surface area (TPSA) is 80.9 Å². The number of rotatable bonds is 5. The van der Waals surface area contributed by atoms with Gasteiger partial charge >= 0.3 is 6.09 Å². The Kier molecular flexibility index (Phi) is 6.16. The fourth-order valence-electron chi connectivity index (χ4n) is 4.91. The first-order valence-corrected chi connectivity index (χ1v) is 12.4. The van der Waals surface area contributed by atoms with Crippen LogP contribution >= 0.6 is 11.3 Å². The number of ether oxygens (including phenoxy) is 2. The van der Waals surface area contributed by atoms with E-state index in [1.807, 2.05) is 36.0 Å². The number of carbonyl (C=O) groups is 1. The molecule has 1 amide bonds. The van der Waals surface area contributed by atoms with E-state index in [4.69, 9.17) is 13.9 Å². The number of alkyl halides is 2. The summed E-state index contributed by atoms with van der Waals surface area (Å²) >= 11 is 1.39. The van der Waals surface area contributed by atoms with Crippen LogP contribution < -0.4 is 4.90 Å². The second-order valence-corrected chi connectivity index (χ2v) is 10.8. The summed E-state index contributed by atoms with van der Waals surface area (Å²) in [5, 5.41) is 2.47. The summed E-state index contributed by atoms with van der Waals surface area (Å²) in [6, 6.07) is 3.61. The van der Waals surface area contributed by atoms with Gasteiger partial charge in [-0.05, 0) is 51.3 Å². The minimum absolute atomic E-state index is 0.00990. The second kappa shape index (κ2) is 9.02. The van der Waals surface area contributed by atoms with Crippen molar-refractivity contribution in [2.45, 2.75) is 63.8 Å². The normalized spacial score (nSPS) is 21.2. The van der Waals surface area contributed by atoms with E-state index in [0.717, 1.165) is 12.8 Å². The Hall–Kier alpha value is -2.79. The molecule has 0 N–H and O–H groups in total. The third-order valence-electron chi connectivity index (χ3n) is 6.33. The third-order valence-corrected chi connectivity index (χ3v) is 7.14. The molecule has 2 saturated heterocycles. The summed E-state index contributed by atoms with van der Waals surface area (Å²) in [6.45, 7) is 6.69. The molecule has 2 aromatic heterocycles. The van der Waals surface area contributed by atoms with Crippen LogP contribution in [0.3, 0.4) is 0 Å². The molecule has 2 aliphatic rings. The number of hydrogen-bond acceptors (Lipinski definition) is 8. The Morgan fingerprint density at radius 3 is 2.51 bits per heavy atom. The molecule has 3 unspecified atom stereocenters. The first-order chi connectivity index (χ1) is 16.6. The van der Waals surface area contributed by atoms with Gasteiger partial charge in [-0.2, -0.15) is 4.98 Å². The largest absolute Gasteiger partial charge is 0.444 e. The highest BCUT2D eigenvalue weighted by Crippen LogP contribution is 2.39. The quantitative estimate of drug-likeness (QED) is 0.453. The van der Waals surface area contributed by atoms with E-state index in [0.29, 0.717) is 46.3 Å². The number of thiazole rings is 1. The van der Waals surface area contributed by atoms with Gasteiger partial charge in [0.05, 0.1) is 17.6 Å². The van der Waals surface area contributed by atoms with Crippen molar-refractivity contribution in [1.82, 2.24) is 14.9 Å². The van der Waals surface area contributed by atoms with Gasteiger partial charge < -0.3 is 18.8 Å². The van der Waals surface area contributed by atoms with Crippen molar-refractivity contribution in [3.05, 3.63) is 29.3 Å². The number of hydrogen-bond donors (Lipinski definition) is 0. The van der Waals surface area contributed by atoms with Gasteiger partial charge in [0.1, 0.15) is 22.2 Å². The Morgan fingerprint density at radius 1 is 1.23 bits per heavy atom. The van der Waals surface area contributed by atoms with Gasteiger partial charge in [0.25, 0.3) is 12.4 Å². The van der Waals surface area contributed by atoms with Crippen molar-refractivity contribution in [1.29, 1.82) is 0 Å². The van der Waals surface area contributed by atoms with Crippen molar-refractivity contribution in [3.63, 3.8) is 0 Å². The van der Waals surface area contributed by atoms with Gasteiger partial charge in [-0.3, -0.25) is 4.90 Å². The van der Waals surface area contributed by atoms with Crippen LogP contribution in [0.15, 0.2) is 28.1 Å². The molecule has 1 aromatic carbocycles. The molecule has 35 heavy (non-hydrogen) atoms. The molecular weight excluding hydrogens is 478 g/mol. The first kappa shape index (κ1) is 23.9. The van der Waals surface area contributed by atoms with Gasteiger partial charge in [-0.1, -0.05) is 0 Å². The zero-order valence-corrected chi connectivity index (χ0v) is 20.8. The maximum Gasteiger partial charge on any atom is 0.410 e. The van der Waals surface area contributed by atoms with Crippen molar-refractivity contribution < 1.29 is 27.5 Å². The number of nitrogens with zero attached hydrogens (tertiary/aromatic N) is 4. The molecule has 0 saturated carbocycles. The molecule has 8 nitrogen and oxygen atoms in total. The minimum Gasteiger partial charge on any atom is -0.444 e. The van der Waals surface area contributed by atoms with Gasteiger partial charge in [-0.25, -0.2) is 18.6 Å². The van der Waals surface area contributed by atoms with Gasteiger partial charge in [0.15, 0.2) is 5.58 Å². The fourth-order valence-corrected chi connectivity index (χ4v) is 5.56. The standard InChI is InChI=1S/C24H28F2N4O4S/c1-24(2,3)34-23(31)30-14-5-6-15(30)12-29(11-14)22-28-17-10-13(18(32-4)20(25)26)9-16(19(17)33-22)21-27-7-8-35-21/h7-10,14-15,18,20H,5-6,11-12H2,1-4H3. The molecular formula is C24H28F2N4O4S. The molecule has 2 bridgehead atoms. The number of benzene rings is 1. The average Bonchev–Trinajstić information content (AvgIpc) is 3.50. The lowest BCUT2D eigenvalue weighted by molar-refractivity contribution is -0.0342. The summed E-state index contributed by atoms with van der Waals surface area (Å²) in [7, 11) is 1.26. The van der Waals surface area contributed by atoms with E-state index in [-0.39, 0.29) is 18.2 Å². The lowest BCUT2D eigenvalue weighted by Gasteiger charge is -2.40. The highest BCUT2D eigenvalue weighted by molar-refractivity contribution is 7.13. The van der Waals surface area contributed by atoms with Crippen molar-refractivity contribution in [3.8, 4) is 10.6 Å². The van der Waals surface area contributed by atoms with Crippen molar-refractivity contribution in [2.75, 3.05) is 25.1 Å². The maximum atomic E-state index is 13.6. The smallest absolute Gasteiger partial charge is 0.410 e. The molecule has 5 rings (SSSR count). The molecule has 3 atom stereocenters. The lowest BCUT2D eigenvalue weighted by Crippen LogP contribution is -2.56. The summed E-state index contributed by atoms with van der Waals surface area (Å²) < 4.78 is 44.1. The SMILES string of the molecule is COC(c1cc(-c2nccs2)c2oc(N3CC4CCC(C3)N4C(=O)OC(C)(C)C)nc2c1)C(F)F. The highest BCUT2D eigenvalue weighted by atomic mass is 32.1. The number of methoxy groups -OCH3 is 1. The number of amides is 1. The van der Waals surface area contributed by atoms with Gasteiger partial charge in [0, 0.05) is 31.8 Å². The Bertz CT molecular complexity index is 1200. The predicted molar refractivity (Wildman–Crippen MR) is 128 cm³/mol. The van der Waals surface area contributed by atoms with Crippen LogP contribution in [-0.2, 0) is 9.47 Å². The molecule has 3 aromatic rings. The lowest BCUT2D eigenvalue weighted by atomic mass is 10.0. The first-order valence-electron chi connectivity index (χ1n) is 11.6. The van der Waals surface area contributed by atoms with Crippen LogP contribution in [0.2, 0.25) is 0 Å². The molecule has 11 heteroatoms. The van der Waals surface area contributed by atoms with Crippen molar-refractivity contribution in [2.24, 2.45) is 0 Å². The van der Waals surface area contributed by atoms with Crippen LogP contribution in [0.4, 0.5) is 19.6 Å². The predicted octanol–water partition coefficient (Wildman–Crippen LogP) is 5.49. The van der Waals surface area contributed by atoms with Crippen molar-refractivity contribution >= 4 is 34.5 Å². The summed E-state index contributed by atoms with van der Waals surface area (Å²) in [5.74, 6) is 0. The number of fused-ring (bicyclic) bond motifs is 3. The van der Waals surface area contributed by atoms with Crippen LogP contribution in [0.5, 0.6) is 0 Å². The van der Waals surface area contributed by atoms with E-state index in [9.17, 15) is 13.6 Å². The monoisotopic (exact) mass is 506 g/mol. The summed E-state index contributed by atoms with van der Waals surface area (Å²) in [5.41, 5.74) is 1.31. The number of halogens is 2. The Labute approximate surface area is 205 Å². The summed E-state index contributed by atoms with van der Waals surface area (Å²) in [4.78, 5) is 25.7. The van der Waals surface area contributed by atoms with E-state index >= 15 is 0 Å². The molecule has 0 radical (unpaired) electrons. The van der Waals surface area contributed by atoms with Crippen LogP contribution in [0, 0.1) is 0 Å². The number of oxazole rings is 1. The fraction of sp³-hybridized carbons (Fsp3) is 0.542. The van der Waals surface area contributed by atoms with E-state index in [1.54, 1.807) is 18.3 Å². The number of anilines is 1. The van der Waals surface area contributed by atoms with E-state index < -0.39 is 18.1 Å². The Balaban J connectivity index is 1.47. The Morgan fingerprint density at radius 2 is 1.94 bits per heavy atom. The third kappa shape index (κ3) is 4.58. The van der Waals surface area contributed by atoms with E-state index in [1.165, 1.54) is 18.4 Å². The van der Waals surface area contributed by atoms with Crippen LogP contribution in [0.1, 0.15) is 45.3 Å². The molecule has 4 heterocycles. The second-order valence-electron chi connectivity index (χ2n) is 9.92. The molecule has 2 aliphatic heterocycles. The van der Waals surface area contributed by atoms with Gasteiger partial charge in [-0.15, -0.1) is 11.3 Å². The number of aromatic nitrogens is 2. The van der Waals surface area contributed by atoms with E-state index in [2.05, 4.69) is 9.97 Å². The number of piperazine rings is 1. The van der Waals surface area contributed by atoms with Crippen LogP contribution in [-0.4, -0.2) is 65.3 Å². The van der Waals surface area contributed by atoms with Gasteiger partial charge in [0.2, 0.25) is 0 Å². The molecule has 188 valence electrons. The number of carbonyl (C=O) groups excluding carboxylic acids is 1.